The molecule has 1 atom stereocenters. The van der Waals surface area contributed by atoms with Crippen molar-refractivity contribution in [2.45, 2.75) is 19.8 Å². The molecule has 1 aromatic rings. The molecular weight excluding hydrogens is 288 g/mol. The van der Waals surface area contributed by atoms with Gasteiger partial charge in [-0.1, -0.05) is 6.07 Å². The Kier molecular flexibility index (Phi) is 7.18. The van der Waals surface area contributed by atoms with Gasteiger partial charge in [-0.3, -0.25) is 9.59 Å². The maximum atomic E-state index is 12.1. The van der Waals surface area contributed by atoms with Crippen molar-refractivity contribution < 1.29 is 24.9 Å². The first kappa shape index (κ1) is 17.8. The summed E-state index contributed by atoms with van der Waals surface area (Å²) < 4.78 is 0. The summed E-state index contributed by atoms with van der Waals surface area (Å²) in [6, 6.07) is 4.18. The van der Waals surface area contributed by atoms with Gasteiger partial charge in [0.2, 0.25) is 11.8 Å². The van der Waals surface area contributed by atoms with Crippen molar-refractivity contribution in [1.29, 1.82) is 0 Å². The molecule has 1 aromatic carbocycles. The molecule has 0 radical (unpaired) electrons. The zero-order chi connectivity index (χ0) is 16.5. The van der Waals surface area contributed by atoms with E-state index in [0.717, 1.165) is 0 Å². The van der Waals surface area contributed by atoms with Crippen molar-refractivity contribution >= 4 is 11.8 Å². The molecule has 1 unspecified atom stereocenters. The monoisotopic (exact) mass is 310 g/mol. The number of aliphatic hydroxyl groups excluding tert-OH is 1. The van der Waals surface area contributed by atoms with Gasteiger partial charge in [0.25, 0.3) is 0 Å². The van der Waals surface area contributed by atoms with Gasteiger partial charge in [-0.25, -0.2) is 0 Å². The van der Waals surface area contributed by atoms with Crippen LogP contribution >= 0.6 is 0 Å². The largest absolute Gasteiger partial charge is 0.508 e. The summed E-state index contributed by atoms with van der Waals surface area (Å²) in [5, 5.41) is 33.3. The third-order valence-electron chi connectivity index (χ3n) is 3.18. The van der Waals surface area contributed by atoms with E-state index in [9.17, 15) is 19.8 Å². The van der Waals surface area contributed by atoms with Gasteiger partial charge in [0, 0.05) is 38.6 Å². The second kappa shape index (κ2) is 8.89. The van der Waals surface area contributed by atoms with Crippen LogP contribution in [-0.2, 0) is 16.0 Å². The maximum Gasteiger partial charge on any atom is 0.223 e. The number of phenolic OH excluding ortho intramolecular Hbond substituents is 2. The van der Waals surface area contributed by atoms with Crippen molar-refractivity contribution in [1.82, 2.24) is 10.6 Å². The number of aromatic hydroxyl groups is 2. The average molecular weight is 310 g/mol. The second-order valence-corrected chi connectivity index (χ2v) is 5.00. The number of amides is 2. The first-order valence-electron chi connectivity index (χ1n) is 7.08. The van der Waals surface area contributed by atoms with Crippen LogP contribution in [0.4, 0.5) is 0 Å². The van der Waals surface area contributed by atoms with Crippen LogP contribution in [0.2, 0.25) is 0 Å². The Labute approximate surface area is 129 Å². The molecule has 5 N–H and O–H groups in total. The van der Waals surface area contributed by atoms with Crippen molar-refractivity contribution in [3.8, 4) is 11.5 Å². The Balaban J connectivity index is 2.60. The quantitative estimate of drug-likeness (QED) is 0.429. The Morgan fingerprint density at radius 1 is 1.18 bits per heavy atom. The summed E-state index contributed by atoms with van der Waals surface area (Å²) >= 11 is 0. The normalized spacial score (nSPS) is 11.7. The molecule has 0 heterocycles. The van der Waals surface area contributed by atoms with E-state index < -0.39 is 5.92 Å². The van der Waals surface area contributed by atoms with Crippen LogP contribution in [0.25, 0.3) is 0 Å². The highest BCUT2D eigenvalue weighted by Gasteiger charge is 2.19. The van der Waals surface area contributed by atoms with Gasteiger partial charge in [0.05, 0.1) is 0 Å². The zero-order valence-electron chi connectivity index (χ0n) is 12.5. The second-order valence-electron chi connectivity index (χ2n) is 5.00. The number of carbonyl (C=O) groups excluding carboxylic acids is 2. The smallest absolute Gasteiger partial charge is 0.223 e. The Hall–Kier alpha value is -2.28. The van der Waals surface area contributed by atoms with E-state index in [4.69, 9.17) is 5.11 Å². The van der Waals surface area contributed by atoms with E-state index in [-0.39, 0.29) is 42.8 Å². The summed E-state index contributed by atoms with van der Waals surface area (Å²) in [4.78, 5) is 22.8. The van der Waals surface area contributed by atoms with Gasteiger partial charge in [-0.15, -0.1) is 0 Å². The topological polar surface area (TPSA) is 119 Å². The molecule has 0 saturated carbocycles. The standard InChI is InChI=1S/C15H22N2O5/c1-10(19)16-5-6-17-15(22)12(4-7-18)8-11-2-3-13(20)9-14(11)21/h2-3,9,12,18,20-21H,4-8H2,1H3,(H,16,19)(H,17,22). The lowest BCUT2D eigenvalue weighted by Gasteiger charge is -2.17. The molecule has 0 bridgehead atoms. The molecule has 0 spiro atoms. The molecule has 0 fully saturated rings. The fourth-order valence-corrected chi connectivity index (χ4v) is 2.04. The van der Waals surface area contributed by atoms with E-state index >= 15 is 0 Å². The van der Waals surface area contributed by atoms with E-state index in [1.54, 1.807) is 6.07 Å². The Morgan fingerprint density at radius 3 is 2.45 bits per heavy atom. The van der Waals surface area contributed by atoms with Crippen LogP contribution in [0.5, 0.6) is 11.5 Å². The molecule has 0 aliphatic heterocycles. The van der Waals surface area contributed by atoms with Crippen LogP contribution in [-0.4, -0.2) is 46.8 Å². The highest BCUT2D eigenvalue weighted by molar-refractivity contribution is 5.79. The van der Waals surface area contributed by atoms with Gasteiger partial charge in [0.15, 0.2) is 0 Å². The summed E-state index contributed by atoms with van der Waals surface area (Å²) in [6.45, 7) is 1.87. The minimum absolute atomic E-state index is 0.0558. The number of aliphatic hydroxyl groups is 1. The van der Waals surface area contributed by atoms with E-state index in [2.05, 4.69) is 10.6 Å². The third kappa shape index (κ3) is 6.01. The lowest BCUT2D eigenvalue weighted by molar-refractivity contribution is -0.125. The fraction of sp³-hybridized carbons (Fsp3) is 0.467. The van der Waals surface area contributed by atoms with Crippen LogP contribution in [0.3, 0.4) is 0 Å². The van der Waals surface area contributed by atoms with E-state index in [1.807, 2.05) is 0 Å². The van der Waals surface area contributed by atoms with Crippen LogP contribution in [0, 0.1) is 5.92 Å². The SMILES string of the molecule is CC(=O)NCCNC(=O)C(CCO)Cc1ccc(O)cc1O. The minimum Gasteiger partial charge on any atom is -0.508 e. The average Bonchev–Trinajstić information content (AvgIpc) is 2.45. The molecule has 2 amide bonds. The molecule has 1 rings (SSSR count). The van der Waals surface area contributed by atoms with E-state index in [1.165, 1.54) is 19.1 Å². The minimum atomic E-state index is -0.502. The first-order chi connectivity index (χ1) is 10.4. The number of phenols is 2. The third-order valence-corrected chi connectivity index (χ3v) is 3.18. The molecule has 22 heavy (non-hydrogen) atoms. The zero-order valence-corrected chi connectivity index (χ0v) is 12.5. The van der Waals surface area contributed by atoms with Crippen molar-refractivity contribution in [3.63, 3.8) is 0 Å². The molecule has 0 aliphatic rings. The first-order valence-corrected chi connectivity index (χ1v) is 7.08. The number of nitrogens with one attached hydrogen (secondary N) is 2. The molecule has 122 valence electrons. The van der Waals surface area contributed by atoms with Crippen LogP contribution < -0.4 is 10.6 Å². The fourth-order valence-electron chi connectivity index (χ4n) is 2.04. The number of hydrogen-bond donors (Lipinski definition) is 5. The number of carbonyl (C=O) groups is 2. The number of benzene rings is 1. The molecule has 7 heteroatoms. The summed E-state index contributed by atoms with van der Waals surface area (Å²) in [5.41, 5.74) is 0.522. The molecular formula is C15H22N2O5. The van der Waals surface area contributed by atoms with Crippen molar-refractivity contribution in [3.05, 3.63) is 23.8 Å². The lowest BCUT2D eigenvalue weighted by atomic mass is 9.95. The lowest BCUT2D eigenvalue weighted by Crippen LogP contribution is -2.38. The van der Waals surface area contributed by atoms with Crippen molar-refractivity contribution in [2.24, 2.45) is 5.92 Å². The summed E-state index contributed by atoms with van der Waals surface area (Å²) in [5.74, 6) is -1.08. The highest BCUT2D eigenvalue weighted by Crippen LogP contribution is 2.25. The number of rotatable bonds is 8. The molecule has 0 aliphatic carbocycles. The summed E-state index contributed by atoms with van der Waals surface area (Å²) in [7, 11) is 0. The van der Waals surface area contributed by atoms with Gasteiger partial charge >= 0.3 is 0 Å². The predicted octanol–water partition coefficient (Wildman–Crippen LogP) is -0.109. The molecule has 0 aromatic heterocycles. The molecule has 0 saturated heterocycles. The van der Waals surface area contributed by atoms with Gasteiger partial charge in [0.1, 0.15) is 11.5 Å². The maximum absolute atomic E-state index is 12.1. The van der Waals surface area contributed by atoms with Crippen LogP contribution in [0.15, 0.2) is 18.2 Å². The Bertz CT molecular complexity index is 519. The highest BCUT2D eigenvalue weighted by atomic mass is 16.3. The predicted molar refractivity (Wildman–Crippen MR) is 80.4 cm³/mol. The number of hydrogen-bond acceptors (Lipinski definition) is 5. The summed E-state index contributed by atoms with van der Waals surface area (Å²) in [6.07, 6.45) is 0.505. The Morgan fingerprint density at radius 2 is 1.86 bits per heavy atom. The van der Waals surface area contributed by atoms with Gasteiger partial charge < -0.3 is 26.0 Å². The van der Waals surface area contributed by atoms with Gasteiger partial charge in [-0.2, -0.15) is 0 Å². The molecule has 7 nitrogen and oxygen atoms in total. The van der Waals surface area contributed by atoms with E-state index in [0.29, 0.717) is 18.7 Å². The van der Waals surface area contributed by atoms with Gasteiger partial charge in [-0.05, 0) is 24.5 Å². The van der Waals surface area contributed by atoms with Crippen molar-refractivity contribution in [2.75, 3.05) is 19.7 Å². The van der Waals surface area contributed by atoms with Crippen LogP contribution in [0.1, 0.15) is 18.9 Å².